The molecule has 1 fully saturated rings. The van der Waals surface area contributed by atoms with Crippen LogP contribution in [-0.4, -0.2) is 40.5 Å². The number of nitrogens with one attached hydrogen (secondary N) is 3. The van der Waals surface area contributed by atoms with Crippen molar-refractivity contribution in [3.63, 3.8) is 0 Å². The molecular weight excluding hydrogens is 298 g/mol. The summed E-state index contributed by atoms with van der Waals surface area (Å²) >= 11 is 1.13. The highest BCUT2D eigenvalue weighted by atomic mass is 32.2. The van der Waals surface area contributed by atoms with E-state index in [9.17, 15) is 13.2 Å². The SMILES string of the molecule is O=C(CNS(=O)(=O)c1cccs1)NCCC1CCNC1. The standard InChI is InChI=1S/C12H19N3O3S2/c16-11(14-6-4-10-3-5-13-8-10)9-15-20(17,18)12-2-1-7-19-12/h1-2,7,10,13,15H,3-6,8-9H2,(H,14,16). The molecule has 20 heavy (non-hydrogen) atoms. The Morgan fingerprint density at radius 1 is 1.50 bits per heavy atom. The van der Waals surface area contributed by atoms with E-state index in [4.69, 9.17) is 0 Å². The zero-order valence-corrected chi connectivity index (χ0v) is 12.7. The number of hydrogen-bond donors (Lipinski definition) is 3. The highest BCUT2D eigenvalue weighted by molar-refractivity contribution is 7.91. The minimum absolute atomic E-state index is 0.219. The van der Waals surface area contributed by atoms with E-state index in [0.29, 0.717) is 12.5 Å². The van der Waals surface area contributed by atoms with Crippen molar-refractivity contribution >= 4 is 27.3 Å². The fourth-order valence-corrected chi connectivity index (χ4v) is 4.11. The molecule has 0 radical (unpaired) electrons. The van der Waals surface area contributed by atoms with Crippen LogP contribution < -0.4 is 15.4 Å². The third-order valence-corrected chi connectivity index (χ3v) is 6.02. The van der Waals surface area contributed by atoms with Gasteiger partial charge in [-0.3, -0.25) is 4.79 Å². The smallest absolute Gasteiger partial charge is 0.250 e. The van der Waals surface area contributed by atoms with Crippen molar-refractivity contribution < 1.29 is 13.2 Å². The van der Waals surface area contributed by atoms with E-state index in [2.05, 4.69) is 15.4 Å². The molecule has 0 spiro atoms. The number of amides is 1. The van der Waals surface area contributed by atoms with Crippen molar-refractivity contribution in [3.8, 4) is 0 Å². The Hall–Kier alpha value is -0.960. The lowest BCUT2D eigenvalue weighted by Crippen LogP contribution is -2.37. The Kier molecular flexibility index (Phi) is 5.53. The molecule has 0 saturated carbocycles. The monoisotopic (exact) mass is 317 g/mol. The zero-order valence-electron chi connectivity index (χ0n) is 11.1. The molecule has 1 aromatic heterocycles. The van der Waals surface area contributed by atoms with Crippen molar-refractivity contribution in [1.82, 2.24) is 15.4 Å². The van der Waals surface area contributed by atoms with Gasteiger partial charge in [-0.15, -0.1) is 11.3 Å². The third-order valence-electron chi connectivity index (χ3n) is 3.22. The van der Waals surface area contributed by atoms with Crippen molar-refractivity contribution in [2.24, 2.45) is 5.92 Å². The Bertz CT molecular complexity index is 522. The molecule has 1 saturated heterocycles. The fraction of sp³-hybridized carbons (Fsp3) is 0.583. The van der Waals surface area contributed by atoms with Crippen LogP contribution in [-0.2, 0) is 14.8 Å². The fourth-order valence-electron chi connectivity index (χ4n) is 2.09. The molecule has 112 valence electrons. The number of hydrogen-bond acceptors (Lipinski definition) is 5. The van der Waals surface area contributed by atoms with Crippen LogP contribution >= 0.6 is 11.3 Å². The summed E-state index contributed by atoms with van der Waals surface area (Å²) in [5, 5.41) is 7.69. The molecule has 0 aromatic carbocycles. The van der Waals surface area contributed by atoms with Crippen LogP contribution in [0.2, 0.25) is 0 Å². The maximum absolute atomic E-state index is 11.8. The average Bonchev–Trinajstić information content (AvgIpc) is 3.09. The van der Waals surface area contributed by atoms with Crippen molar-refractivity contribution in [1.29, 1.82) is 0 Å². The molecule has 1 unspecified atom stereocenters. The van der Waals surface area contributed by atoms with Crippen molar-refractivity contribution in [3.05, 3.63) is 17.5 Å². The second-order valence-corrected chi connectivity index (χ2v) is 7.70. The van der Waals surface area contributed by atoms with Gasteiger partial charge in [-0.05, 0) is 43.3 Å². The second-order valence-electron chi connectivity index (χ2n) is 4.75. The van der Waals surface area contributed by atoms with Crippen LogP contribution in [0.1, 0.15) is 12.8 Å². The number of carbonyl (C=O) groups excluding carboxylic acids is 1. The summed E-state index contributed by atoms with van der Waals surface area (Å²) in [4.78, 5) is 11.6. The van der Waals surface area contributed by atoms with Gasteiger partial charge in [0.05, 0.1) is 6.54 Å². The van der Waals surface area contributed by atoms with Crippen LogP contribution in [0.25, 0.3) is 0 Å². The topological polar surface area (TPSA) is 87.3 Å². The molecule has 8 heteroatoms. The summed E-state index contributed by atoms with van der Waals surface area (Å²) in [6.45, 7) is 2.41. The van der Waals surface area contributed by atoms with Crippen LogP contribution in [0.3, 0.4) is 0 Å². The van der Waals surface area contributed by atoms with Crippen LogP contribution in [0.5, 0.6) is 0 Å². The minimum atomic E-state index is -3.56. The first-order valence-electron chi connectivity index (χ1n) is 6.58. The van der Waals surface area contributed by atoms with Gasteiger partial charge < -0.3 is 10.6 Å². The van der Waals surface area contributed by atoms with Crippen LogP contribution in [0.4, 0.5) is 0 Å². The van der Waals surface area contributed by atoms with Gasteiger partial charge in [-0.25, -0.2) is 13.1 Å². The number of rotatable bonds is 7. The Morgan fingerprint density at radius 3 is 3.00 bits per heavy atom. The molecule has 0 bridgehead atoms. The van der Waals surface area contributed by atoms with E-state index < -0.39 is 10.0 Å². The molecule has 2 rings (SSSR count). The maximum Gasteiger partial charge on any atom is 0.250 e. The first-order chi connectivity index (χ1) is 9.58. The summed E-state index contributed by atoms with van der Waals surface area (Å²) in [6.07, 6.45) is 2.07. The summed E-state index contributed by atoms with van der Waals surface area (Å²) in [7, 11) is -3.56. The zero-order chi connectivity index (χ0) is 14.4. The lowest BCUT2D eigenvalue weighted by molar-refractivity contribution is -0.120. The largest absolute Gasteiger partial charge is 0.355 e. The molecule has 1 aliphatic rings. The Balaban J connectivity index is 1.67. The molecule has 1 aromatic rings. The molecule has 3 N–H and O–H groups in total. The summed E-state index contributed by atoms with van der Waals surface area (Å²) in [5.41, 5.74) is 0. The summed E-state index contributed by atoms with van der Waals surface area (Å²) in [5.74, 6) is 0.314. The highest BCUT2D eigenvalue weighted by Gasteiger charge is 2.17. The molecule has 1 atom stereocenters. The third kappa shape index (κ3) is 4.55. The number of carbonyl (C=O) groups is 1. The number of sulfonamides is 1. The van der Waals surface area contributed by atoms with E-state index in [1.807, 2.05) is 0 Å². The van der Waals surface area contributed by atoms with Gasteiger partial charge in [0.15, 0.2) is 0 Å². The van der Waals surface area contributed by atoms with Gasteiger partial charge in [-0.1, -0.05) is 6.07 Å². The van der Waals surface area contributed by atoms with Crippen molar-refractivity contribution in [2.75, 3.05) is 26.2 Å². The van der Waals surface area contributed by atoms with E-state index in [1.165, 1.54) is 6.07 Å². The van der Waals surface area contributed by atoms with Gasteiger partial charge in [0.1, 0.15) is 4.21 Å². The number of thiophene rings is 1. The molecular formula is C12H19N3O3S2. The van der Waals surface area contributed by atoms with Gasteiger partial charge in [0.25, 0.3) is 10.0 Å². The van der Waals surface area contributed by atoms with Gasteiger partial charge >= 0.3 is 0 Å². The Labute approximate surface area is 123 Å². The highest BCUT2D eigenvalue weighted by Crippen LogP contribution is 2.14. The van der Waals surface area contributed by atoms with E-state index >= 15 is 0 Å². The summed E-state index contributed by atoms with van der Waals surface area (Å²) < 4.78 is 26.1. The first kappa shape index (κ1) is 15.4. The lowest BCUT2D eigenvalue weighted by Gasteiger charge is -2.09. The molecule has 1 amide bonds. The first-order valence-corrected chi connectivity index (χ1v) is 8.95. The lowest BCUT2D eigenvalue weighted by atomic mass is 10.1. The predicted octanol–water partition coefficient (Wildman–Crippen LogP) is 0.142. The van der Waals surface area contributed by atoms with Gasteiger partial charge in [-0.2, -0.15) is 0 Å². The molecule has 6 nitrogen and oxygen atoms in total. The van der Waals surface area contributed by atoms with Crippen LogP contribution in [0, 0.1) is 5.92 Å². The quantitative estimate of drug-likeness (QED) is 0.668. The van der Waals surface area contributed by atoms with Crippen molar-refractivity contribution in [2.45, 2.75) is 17.1 Å². The Morgan fingerprint density at radius 2 is 2.35 bits per heavy atom. The van der Waals surface area contributed by atoms with Gasteiger partial charge in [0.2, 0.25) is 5.91 Å². The maximum atomic E-state index is 11.8. The minimum Gasteiger partial charge on any atom is -0.355 e. The van der Waals surface area contributed by atoms with E-state index in [1.54, 1.807) is 11.4 Å². The van der Waals surface area contributed by atoms with Crippen LogP contribution in [0.15, 0.2) is 21.7 Å². The predicted molar refractivity (Wildman–Crippen MR) is 78.1 cm³/mol. The molecule has 0 aliphatic carbocycles. The van der Waals surface area contributed by atoms with E-state index in [0.717, 1.165) is 37.3 Å². The summed E-state index contributed by atoms with van der Waals surface area (Å²) in [6, 6.07) is 3.17. The average molecular weight is 317 g/mol. The molecule has 2 heterocycles. The van der Waals surface area contributed by atoms with Gasteiger partial charge in [0, 0.05) is 6.54 Å². The van der Waals surface area contributed by atoms with E-state index in [-0.39, 0.29) is 16.7 Å². The normalized spacial score (nSPS) is 19.1. The second kappa shape index (κ2) is 7.16. The molecule has 1 aliphatic heterocycles.